The van der Waals surface area contributed by atoms with Crippen LogP contribution in [0.4, 0.5) is 29.1 Å². The molecule has 0 saturated carbocycles. The van der Waals surface area contributed by atoms with E-state index in [1.54, 1.807) is 11.8 Å². The first-order valence-electron chi connectivity index (χ1n) is 9.24. The third-order valence-electron chi connectivity index (χ3n) is 4.09. The van der Waals surface area contributed by atoms with Crippen LogP contribution in [0.1, 0.15) is 16.1 Å². The Hall–Kier alpha value is -3.32. The van der Waals surface area contributed by atoms with Gasteiger partial charge in [-0.3, -0.25) is 14.4 Å². The highest BCUT2D eigenvalue weighted by Gasteiger charge is 2.41. The van der Waals surface area contributed by atoms with Crippen molar-refractivity contribution in [2.24, 2.45) is 4.99 Å². The molecule has 1 amide bonds. The van der Waals surface area contributed by atoms with Crippen LogP contribution in [0.25, 0.3) is 12.0 Å². The molecule has 0 aliphatic rings. The molecular weight excluding hydrogens is 498 g/mol. The van der Waals surface area contributed by atoms with Crippen molar-refractivity contribution in [2.45, 2.75) is 6.18 Å². The van der Waals surface area contributed by atoms with Crippen LogP contribution in [0, 0.1) is 5.82 Å². The zero-order valence-corrected chi connectivity index (χ0v) is 19.8. The molecule has 0 aliphatic carbocycles. The predicted octanol–water partition coefficient (Wildman–Crippen LogP) is 4.32. The summed E-state index contributed by atoms with van der Waals surface area (Å²) in [6.07, 6.45) is 2.04. The first kappa shape index (κ1) is 26.9. The minimum atomic E-state index is -4.99. The standard InChI is InChI=1S/C18H14ClF4N7O.C2H6S/c1-3-29-13(5-4-12(20)16(29)25-2)30-14(18(21,22)23)10(8-27-30)17(31)28-9-6-11(19)15(24)26-7-9;1-3-2/h3-8H,1H2,2H3,(H2,24,26)(H,28,31);1-2H3. The maximum absolute atomic E-state index is 14.0. The van der Waals surface area contributed by atoms with Crippen LogP contribution < -0.4 is 16.5 Å². The van der Waals surface area contributed by atoms with Crippen molar-refractivity contribution < 1.29 is 22.4 Å². The van der Waals surface area contributed by atoms with Crippen LogP contribution >= 0.6 is 23.4 Å². The molecule has 3 aromatic rings. The fourth-order valence-corrected chi connectivity index (χ4v) is 2.94. The number of carbonyl (C=O) groups excluding carboxylic acids is 1. The summed E-state index contributed by atoms with van der Waals surface area (Å²) >= 11 is 7.57. The molecule has 0 atom stereocenters. The molecule has 8 nitrogen and oxygen atoms in total. The van der Waals surface area contributed by atoms with Crippen molar-refractivity contribution in [3.63, 3.8) is 0 Å². The molecule has 0 spiro atoms. The van der Waals surface area contributed by atoms with Crippen LogP contribution in [0.2, 0.25) is 5.02 Å². The van der Waals surface area contributed by atoms with E-state index in [0.717, 1.165) is 35.3 Å². The first-order valence-corrected chi connectivity index (χ1v) is 11.3. The molecular formula is C20H20ClF4N7OS. The quantitative estimate of drug-likeness (QED) is 0.502. The minimum Gasteiger partial charge on any atom is -0.382 e. The van der Waals surface area contributed by atoms with Gasteiger partial charge < -0.3 is 11.1 Å². The number of hydrogen-bond donors (Lipinski definition) is 2. The number of amides is 1. The molecule has 182 valence electrons. The summed E-state index contributed by atoms with van der Waals surface area (Å²) in [5.41, 5.74) is 3.07. The molecule has 0 saturated heterocycles. The Bertz CT molecular complexity index is 1270. The van der Waals surface area contributed by atoms with Crippen LogP contribution in [0.3, 0.4) is 0 Å². The Balaban J connectivity index is 0.00000129. The van der Waals surface area contributed by atoms with Crippen LogP contribution in [0.5, 0.6) is 0 Å². The van der Waals surface area contributed by atoms with E-state index in [4.69, 9.17) is 17.3 Å². The summed E-state index contributed by atoms with van der Waals surface area (Å²) in [4.78, 5) is 20.0. The number of nitrogens with one attached hydrogen (secondary N) is 1. The van der Waals surface area contributed by atoms with E-state index < -0.39 is 29.2 Å². The van der Waals surface area contributed by atoms with Gasteiger partial charge in [-0.05, 0) is 30.7 Å². The number of halogens is 5. The summed E-state index contributed by atoms with van der Waals surface area (Å²) in [6.45, 7) is 3.48. The van der Waals surface area contributed by atoms with Gasteiger partial charge in [0.05, 0.1) is 28.7 Å². The summed E-state index contributed by atoms with van der Waals surface area (Å²) in [5, 5.41) is 5.98. The van der Waals surface area contributed by atoms with Gasteiger partial charge in [0.15, 0.2) is 17.0 Å². The number of pyridine rings is 2. The molecule has 0 unspecified atom stereocenters. The number of carbonyl (C=O) groups is 1. The lowest BCUT2D eigenvalue weighted by molar-refractivity contribution is -0.143. The van der Waals surface area contributed by atoms with Crippen molar-refractivity contribution in [1.82, 2.24) is 19.3 Å². The molecule has 3 rings (SSSR count). The van der Waals surface area contributed by atoms with Gasteiger partial charge in [-0.2, -0.15) is 30.0 Å². The number of aromatic nitrogens is 4. The number of anilines is 2. The molecule has 3 N–H and O–H groups in total. The van der Waals surface area contributed by atoms with Gasteiger partial charge in [0, 0.05) is 13.2 Å². The fourth-order valence-electron chi connectivity index (χ4n) is 2.77. The van der Waals surface area contributed by atoms with Gasteiger partial charge in [0.1, 0.15) is 11.6 Å². The normalized spacial score (nSPS) is 11.6. The van der Waals surface area contributed by atoms with Gasteiger partial charge in [-0.25, -0.2) is 14.1 Å². The summed E-state index contributed by atoms with van der Waals surface area (Å²) in [7, 11) is 1.26. The van der Waals surface area contributed by atoms with E-state index in [9.17, 15) is 22.4 Å². The second-order valence-corrected chi connectivity index (χ2v) is 7.63. The highest BCUT2D eigenvalue weighted by molar-refractivity contribution is 7.97. The molecule has 3 heterocycles. The van der Waals surface area contributed by atoms with Gasteiger partial charge >= 0.3 is 6.18 Å². The Morgan fingerprint density at radius 1 is 1.32 bits per heavy atom. The van der Waals surface area contributed by atoms with Crippen LogP contribution in [-0.2, 0) is 6.18 Å². The van der Waals surface area contributed by atoms with E-state index >= 15 is 0 Å². The zero-order chi connectivity index (χ0) is 25.6. The zero-order valence-electron chi connectivity index (χ0n) is 18.2. The monoisotopic (exact) mass is 517 g/mol. The Labute approximate surface area is 201 Å². The maximum atomic E-state index is 14.0. The second-order valence-electron chi connectivity index (χ2n) is 6.41. The lowest BCUT2D eigenvalue weighted by Gasteiger charge is -2.16. The molecule has 3 aromatic heterocycles. The molecule has 0 bridgehead atoms. The number of thioether (sulfide) groups is 1. The highest BCUT2D eigenvalue weighted by Crippen LogP contribution is 2.34. The molecule has 0 aliphatic heterocycles. The van der Waals surface area contributed by atoms with E-state index in [1.807, 2.05) is 12.5 Å². The number of nitrogens with two attached hydrogens (primary N) is 1. The number of hydrogen-bond acceptors (Lipinski definition) is 6. The first-order chi connectivity index (χ1) is 16.0. The fraction of sp³-hybridized carbons (Fsp3) is 0.200. The highest BCUT2D eigenvalue weighted by atomic mass is 35.5. The van der Waals surface area contributed by atoms with Crippen molar-refractivity contribution in [2.75, 3.05) is 30.6 Å². The van der Waals surface area contributed by atoms with Gasteiger partial charge in [-0.15, -0.1) is 0 Å². The van der Waals surface area contributed by atoms with Crippen LogP contribution in [-0.4, -0.2) is 44.8 Å². The van der Waals surface area contributed by atoms with Gasteiger partial charge in [-0.1, -0.05) is 18.2 Å². The molecule has 34 heavy (non-hydrogen) atoms. The number of nitrogens with zero attached hydrogens (tertiary/aromatic N) is 5. The average molecular weight is 518 g/mol. The van der Waals surface area contributed by atoms with Crippen molar-refractivity contribution in [3.05, 3.63) is 64.8 Å². The third-order valence-corrected chi connectivity index (χ3v) is 4.39. The van der Waals surface area contributed by atoms with Crippen LogP contribution in [0.15, 0.2) is 42.2 Å². The van der Waals surface area contributed by atoms with Crippen molar-refractivity contribution in [3.8, 4) is 5.82 Å². The number of nitrogen functional groups attached to an aromatic ring is 1. The van der Waals surface area contributed by atoms with Crippen molar-refractivity contribution >= 4 is 47.0 Å². The molecule has 0 radical (unpaired) electrons. The summed E-state index contributed by atoms with van der Waals surface area (Å²) in [6, 6.07) is 3.22. The third kappa shape index (κ3) is 5.78. The second kappa shape index (κ2) is 11.2. The molecule has 0 aromatic carbocycles. The minimum absolute atomic E-state index is 0.00843. The summed E-state index contributed by atoms with van der Waals surface area (Å²) in [5.74, 6) is -2.14. The van der Waals surface area contributed by atoms with E-state index in [2.05, 4.69) is 27.0 Å². The Kier molecular flexibility index (Phi) is 8.87. The SMILES string of the molecule is C=Cn1c(-n2ncc(C(=O)Nc3cnc(N)c(Cl)c3)c2C(F)(F)F)ccc(F)c1=NC.CSC. The van der Waals surface area contributed by atoms with E-state index in [-0.39, 0.29) is 27.8 Å². The number of alkyl halides is 3. The number of rotatable bonds is 4. The summed E-state index contributed by atoms with van der Waals surface area (Å²) < 4.78 is 57.2. The van der Waals surface area contributed by atoms with Gasteiger partial charge in [0.25, 0.3) is 5.91 Å². The average Bonchev–Trinajstić information content (AvgIpc) is 3.22. The molecule has 14 heteroatoms. The van der Waals surface area contributed by atoms with E-state index in [1.165, 1.54) is 13.1 Å². The van der Waals surface area contributed by atoms with E-state index in [0.29, 0.717) is 4.68 Å². The lowest BCUT2D eigenvalue weighted by atomic mass is 10.2. The largest absolute Gasteiger partial charge is 0.434 e. The Morgan fingerprint density at radius 2 is 1.97 bits per heavy atom. The van der Waals surface area contributed by atoms with Crippen molar-refractivity contribution in [1.29, 1.82) is 0 Å². The van der Waals surface area contributed by atoms with Gasteiger partial charge in [0.2, 0.25) is 0 Å². The Morgan fingerprint density at radius 3 is 2.50 bits per heavy atom. The topological polar surface area (TPSA) is 103 Å². The molecule has 0 fully saturated rings. The lowest BCUT2D eigenvalue weighted by Crippen LogP contribution is -2.27. The maximum Gasteiger partial charge on any atom is 0.434 e. The predicted molar refractivity (Wildman–Crippen MR) is 125 cm³/mol. The smallest absolute Gasteiger partial charge is 0.382 e.